The van der Waals surface area contributed by atoms with Crippen molar-refractivity contribution in [3.8, 4) is 0 Å². The first-order chi connectivity index (χ1) is 5.92. The number of rotatable bonds is 3. The van der Waals surface area contributed by atoms with E-state index in [1.54, 1.807) is 0 Å². The van der Waals surface area contributed by atoms with Crippen LogP contribution in [0.15, 0.2) is 0 Å². The van der Waals surface area contributed by atoms with Gasteiger partial charge in [-0.15, -0.1) is 0 Å². The Labute approximate surface area is 73.9 Å². The van der Waals surface area contributed by atoms with Gasteiger partial charge in [0, 0.05) is 12.6 Å². The molecule has 2 atom stereocenters. The van der Waals surface area contributed by atoms with Gasteiger partial charge in [-0.1, -0.05) is 6.42 Å². The molecular weight excluding hydrogens is 153 g/mol. The van der Waals surface area contributed by atoms with Gasteiger partial charge in [0.2, 0.25) is 0 Å². The average molecular weight is 171 g/mol. The predicted molar refractivity (Wildman–Crippen MR) is 47.9 cm³/mol. The molecule has 2 fully saturated rings. The molecule has 0 bridgehead atoms. The summed E-state index contributed by atoms with van der Waals surface area (Å²) >= 11 is 0. The Morgan fingerprint density at radius 3 is 3.00 bits per heavy atom. The Bertz CT molecular complexity index is 149. The maximum absolute atomic E-state index is 12.0. The van der Waals surface area contributed by atoms with Crippen molar-refractivity contribution in [3.05, 3.63) is 0 Å². The highest BCUT2D eigenvalue weighted by Crippen LogP contribution is 2.37. The second-order valence-corrected chi connectivity index (χ2v) is 4.13. The summed E-state index contributed by atoms with van der Waals surface area (Å²) in [6, 6.07) is 0.830. The normalized spacial score (nSPS) is 35.8. The summed E-state index contributed by atoms with van der Waals surface area (Å²) in [4.78, 5) is 2.51. The quantitative estimate of drug-likeness (QED) is 0.629. The zero-order valence-electron chi connectivity index (χ0n) is 7.64. The van der Waals surface area contributed by atoms with Crippen molar-refractivity contribution in [3.63, 3.8) is 0 Å². The molecule has 70 valence electrons. The molecule has 0 aromatic heterocycles. The second kappa shape index (κ2) is 3.73. The van der Waals surface area contributed by atoms with Crippen molar-refractivity contribution in [1.82, 2.24) is 4.90 Å². The predicted octanol–water partition coefficient (Wildman–Crippen LogP) is 2.22. The highest BCUT2D eigenvalue weighted by atomic mass is 19.1. The highest BCUT2D eigenvalue weighted by molar-refractivity contribution is 4.91. The lowest BCUT2D eigenvalue weighted by atomic mass is 10.0. The summed E-state index contributed by atoms with van der Waals surface area (Å²) in [5, 5.41) is 0. The molecule has 0 unspecified atom stereocenters. The number of hydrogen-bond acceptors (Lipinski definition) is 1. The molecule has 12 heavy (non-hydrogen) atoms. The van der Waals surface area contributed by atoms with E-state index in [0.717, 1.165) is 24.9 Å². The van der Waals surface area contributed by atoms with Gasteiger partial charge in [0.25, 0.3) is 0 Å². The Kier molecular flexibility index (Phi) is 2.64. The Balaban J connectivity index is 1.83. The van der Waals surface area contributed by atoms with Gasteiger partial charge < -0.3 is 4.90 Å². The van der Waals surface area contributed by atoms with Crippen LogP contribution in [0.25, 0.3) is 0 Å². The Morgan fingerprint density at radius 1 is 1.25 bits per heavy atom. The van der Waals surface area contributed by atoms with Crippen LogP contribution >= 0.6 is 0 Å². The van der Waals surface area contributed by atoms with E-state index < -0.39 is 0 Å². The molecule has 0 radical (unpaired) electrons. The largest absolute Gasteiger partial charge is 0.300 e. The minimum atomic E-state index is -0.145. The topological polar surface area (TPSA) is 3.24 Å². The maximum atomic E-state index is 12.0. The van der Waals surface area contributed by atoms with Crippen LogP contribution in [0.1, 0.15) is 32.1 Å². The molecule has 0 aromatic carbocycles. The van der Waals surface area contributed by atoms with Gasteiger partial charge in [0.1, 0.15) is 0 Å². The minimum absolute atomic E-state index is 0.145. The number of hydrogen-bond donors (Lipinski definition) is 0. The number of likely N-dealkylation sites (tertiary alicyclic amines) is 1. The van der Waals surface area contributed by atoms with Crippen molar-refractivity contribution in [2.75, 3.05) is 19.8 Å². The molecule has 1 aliphatic heterocycles. The van der Waals surface area contributed by atoms with Crippen molar-refractivity contribution in [2.45, 2.75) is 38.1 Å². The van der Waals surface area contributed by atoms with E-state index in [-0.39, 0.29) is 6.67 Å². The SMILES string of the molecule is FCCCN1CC[C@@H]2CCC[C@@H]21. The van der Waals surface area contributed by atoms with Gasteiger partial charge in [-0.3, -0.25) is 4.39 Å². The van der Waals surface area contributed by atoms with Crippen LogP contribution in [-0.2, 0) is 0 Å². The van der Waals surface area contributed by atoms with Crippen LogP contribution in [0.3, 0.4) is 0 Å². The van der Waals surface area contributed by atoms with E-state index in [1.165, 1.54) is 32.2 Å². The van der Waals surface area contributed by atoms with E-state index >= 15 is 0 Å². The molecule has 0 spiro atoms. The summed E-state index contributed by atoms with van der Waals surface area (Å²) in [5.41, 5.74) is 0. The van der Waals surface area contributed by atoms with E-state index in [4.69, 9.17) is 0 Å². The van der Waals surface area contributed by atoms with Gasteiger partial charge in [-0.25, -0.2) is 0 Å². The van der Waals surface area contributed by atoms with Gasteiger partial charge in [-0.2, -0.15) is 0 Å². The lowest BCUT2D eigenvalue weighted by Crippen LogP contribution is -2.31. The second-order valence-electron chi connectivity index (χ2n) is 4.13. The standard InChI is InChI=1S/C10H18FN/c11-6-2-7-12-8-5-9-3-1-4-10(9)12/h9-10H,1-8H2/t9-,10-/m0/s1. The molecule has 1 heterocycles. The van der Waals surface area contributed by atoms with Gasteiger partial charge >= 0.3 is 0 Å². The van der Waals surface area contributed by atoms with E-state index in [9.17, 15) is 4.39 Å². The summed E-state index contributed by atoms with van der Waals surface area (Å²) in [6.07, 6.45) is 6.31. The highest BCUT2D eigenvalue weighted by Gasteiger charge is 2.36. The van der Waals surface area contributed by atoms with Crippen LogP contribution in [0.5, 0.6) is 0 Å². The van der Waals surface area contributed by atoms with Gasteiger partial charge in [-0.05, 0) is 38.1 Å². The van der Waals surface area contributed by atoms with Crippen molar-refractivity contribution < 1.29 is 4.39 Å². The van der Waals surface area contributed by atoms with Gasteiger partial charge in [0.15, 0.2) is 0 Å². The molecule has 2 aliphatic rings. The molecule has 1 aliphatic carbocycles. The van der Waals surface area contributed by atoms with Crippen LogP contribution in [0, 0.1) is 5.92 Å². The maximum Gasteiger partial charge on any atom is 0.0906 e. The molecule has 2 heteroatoms. The fraction of sp³-hybridized carbons (Fsp3) is 1.00. The molecule has 0 aromatic rings. The van der Waals surface area contributed by atoms with Crippen LogP contribution < -0.4 is 0 Å². The number of halogens is 1. The van der Waals surface area contributed by atoms with Crippen molar-refractivity contribution >= 4 is 0 Å². The van der Waals surface area contributed by atoms with Crippen LogP contribution in [0.2, 0.25) is 0 Å². The van der Waals surface area contributed by atoms with Crippen molar-refractivity contribution in [2.24, 2.45) is 5.92 Å². The minimum Gasteiger partial charge on any atom is -0.300 e. The molecule has 1 nitrogen and oxygen atoms in total. The summed E-state index contributed by atoms with van der Waals surface area (Å²) in [5.74, 6) is 0.963. The Hall–Kier alpha value is -0.110. The zero-order valence-corrected chi connectivity index (χ0v) is 7.64. The first kappa shape index (κ1) is 8.49. The Morgan fingerprint density at radius 2 is 2.17 bits per heavy atom. The summed E-state index contributed by atoms with van der Waals surface area (Å²) < 4.78 is 12.0. The summed E-state index contributed by atoms with van der Waals surface area (Å²) in [7, 11) is 0. The molecule has 0 amide bonds. The number of nitrogens with zero attached hydrogens (tertiary/aromatic N) is 1. The zero-order chi connectivity index (χ0) is 8.39. The lowest BCUT2D eigenvalue weighted by molar-refractivity contribution is 0.230. The lowest BCUT2D eigenvalue weighted by Gasteiger charge is -2.22. The monoisotopic (exact) mass is 171 g/mol. The molecule has 1 saturated carbocycles. The van der Waals surface area contributed by atoms with Crippen LogP contribution in [-0.4, -0.2) is 30.7 Å². The third kappa shape index (κ3) is 1.49. The first-order valence-electron chi connectivity index (χ1n) is 5.22. The summed E-state index contributed by atoms with van der Waals surface area (Å²) in [6.45, 7) is 2.08. The van der Waals surface area contributed by atoms with Crippen LogP contribution in [0.4, 0.5) is 4.39 Å². The number of alkyl halides is 1. The first-order valence-corrected chi connectivity index (χ1v) is 5.22. The molecule has 2 rings (SSSR count). The van der Waals surface area contributed by atoms with E-state index in [1.807, 2.05) is 0 Å². The molecule has 1 saturated heterocycles. The molecule has 0 N–H and O–H groups in total. The smallest absolute Gasteiger partial charge is 0.0906 e. The van der Waals surface area contributed by atoms with Crippen molar-refractivity contribution in [1.29, 1.82) is 0 Å². The van der Waals surface area contributed by atoms with E-state index in [0.29, 0.717) is 0 Å². The number of fused-ring (bicyclic) bond motifs is 1. The molecular formula is C10H18FN. The average Bonchev–Trinajstić information content (AvgIpc) is 2.62. The fourth-order valence-corrected chi connectivity index (χ4v) is 2.87. The fourth-order valence-electron chi connectivity index (χ4n) is 2.87. The third-order valence-corrected chi connectivity index (χ3v) is 3.45. The van der Waals surface area contributed by atoms with E-state index in [2.05, 4.69) is 4.90 Å². The van der Waals surface area contributed by atoms with Gasteiger partial charge in [0.05, 0.1) is 6.67 Å². The third-order valence-electron chi connectivity index (χ3n) is 3.45.